The predicted molar refractivity (Wildman–Crippen MR) is 82.7 cm³/mol. The van der Waals surface area contributed by atoms with Gasteiger partial charge in [-0.05, 0) is 32.0 Å². The second kappa shape index (κ2) is 7.16. The highest BCUT2D eigenvalue weighted by atomic mass is 32.2. The summed E-state index contributed by atoms with van der Waals surface area (Å²) in [5.41, 5.74) is 0. The van der Waals surface area contributed by atoms with Gasteiger partial charge in [-0.1, -0.05) is 17.8 Å². The lowest BCUT2D eigenvalue weighted by molar-refractivity contribution is 0.329. The molecule has 0 spiro atoms. The first-order chi connectivity index (χ1) is 8.75. The smallest absolute Gasteiger partial charge is 0.159 e. The van der Waals surface area contributed by atoms with Crippen LogP contribution in [0.15, 0.2) is 22.5 Å². The third kappa shape index (κ3) is 4.30. The van der Waals surface area contributed by atoms with Crippen LogP contribution in [0.1, 0.15) is 11.3 Å². The monoisotopic (exact) mass is 283 g/mol. The van der Waals surface area contributed by atoms with Gasteiger partial charge in [0.25, 0.3) is 0 Å². The summed E-state index contributed by atoms with van der Waals surface area (Å²) in [6, 6.07) is 4.33. The molecule has 2 heterocycles. The van der Waals surface area contributed by atoms with E-state index < -0.39 is 0 Å². The zero-order valence-electron chi connectivity index (χ0n) is 11.1. The molecule has 3 nitrogen and oxygen atoms in total. The SMILES string of the molecule is CN(C)CCN(Cc1cccs1)C1=NCCCS1. The van der Waals surface area contributed by atoms with Gasteiger partial charge in [-0.3, -0.25) is 4.99 Å². The van der Waals surface area contributed by atoms with Gasteiger partial charge in [0, 0.05) is 30.3 Å². The van der Waals surface area contributed by atoms with Crippen molar-refractivity contribution < 1.29 is 0 Å². The van der Waals surface area contributed by atoms with Crippen LogP contribution < -0.4 is 0 Å². The lowest BCUT2D eigenvalue weighted by Crippen LogP contribution is -2.35. The molecule has 0 saturated heterocycles. The third-order valence-electron chi connectivity index (χ3n) is 2.80. The van der Waals surface area contributed by atoms with Crippen molar-refractivity contribution in [3.63, 3.8) is 0 Å². The summed E-state index contributed by atoms with van der Waals surface area (Å²) in [5, 5.41) is 3.38. The molecular weight excluding hydrogens is 262 g/mol. The minimum Gasteiger partial charge on any atom is -0.345 e. The molecule has 1 aromatic rings. The van der Waals surface area contributed by atoms with Crippen molar-refractivity contribution in [3.8, 4) is 0 Å². The van der Waals surface area contributed by atoms with E-state index >= 15 is 0 Å². The molecule has 0 radical (unpaired) electrons. The summed E-state index contributed by atoms with van der Waals surface area (Å²) in [4.78, 5) is 10.8. The first kappa shape index (κ1) is 13.9. The molecule has 0 N–H and O–H groups in total. The maximum atomic E-state index is 4.68. The van der Waals surface area contributed by atoms with E-state index in [1.165, 1.54) is 22.2 Å². The Labute approximate surface area is 118 Å². The molecule has 0 atom stereocenters. The normalized spacial score (nSPS) is 15.8. The Bertz CT molecular complexity index is 374. The molecular formula is C13H21N3S2. The topological polar surface area (TPSA) is 18.8 Å². The summed E-state index contributed by atoms with van der Waals surface area (Å²) in [6.45, 7) is 4.12. The molecule has 0 aromatic carbocycles. The molecule has 0 fully saturated rings. The molecule has 0 aliphatic carbocycles. The summed E-state index contributed by atoms with van der Waals surface area (Å²) in [6.07, 6.45) is 1.22. The van der Waals surface area contributed by atoms with Gasteiger partial charge < -0.3 is 9.80 Å². The van der Waals surface area contributed by atoms with E-state index in [4.69, 9.17) is 0 Å². The molecule has 1 aliphatic heterocycles. The highest BCUT2D eigenvalue weighted by Gasteiger charge is 2.15. The molecule has 1 aromatic heterocycles. The number of amidine groups is 1. The van der Waals surface area contributed by atoms with E-state index in [1.54, 1.807) is 0 Å². The summed E-state index contributed by atoms with van der Waals surface area (Å²) in [5.74, 6) is 1.21. The predicted octanol–water partition coefficient (Wildman–Crippen LogP) is 2.60. The molecule has 2 rings (SSSR count). The van der Waals surface area contributed by atoms with Gasteiger partial charge in [0.05, 0.1) is 6.54 Å². The fraction of sp³-hybridized carbons (Fsp3) is 0.615. The van der Waals surface area contributed by atoms with Crippen LogP contribution in [-0.2, 0) is 6.54 Å². The van der Waals surface area contributed by atoms with Crippen LogP contribution in [0.4, 0.5) is 0 Å². The van der Waals surface area contributed by atoms with Gasteiger partial charge >= 0.3 is 0 Å². The van der Waals surface area contributed by atoms with E-state index in [0.717, 1.165) is 26.2 Å². The Kier molecular flexibility index (Phi) is 5.53. The van der Waals surface area contributed by atoms with Crippen LogP contribution in [0.2, 0.25) is 0 Å². The van der Waals surface area contributed by atoms with E-state index in [1.807, 2.05) is 23.1 Å². The largest absolute Gasteiger partial charge is 0.345 e. The number of thioether (sulfide) groups is 1. The van der Waals surface area contributed by atoms with Crippen LogP contribution in [0.5, 0.6) is 0 Å². The third-order valence-corrected chi connectivity index (χ3v) is 4.79. The molecule has 5 heteroatoms. The zero-order chi connectivity index (χ0) is 12.8. The number of hydrogen-bond acceptors (Lipinski definition) is 5. The maximum absolute atomic E-state index is 4.68. The average molecular weight is 283 g/mol. The van der Waals surface area contributed by atoms with E-state index in [2.05, 4.69) is 46.4 Å². The Balaban J connectivity index is 1.99. The van der Waals surface area contributed by atoms with Crippen molar-refractivity contribution in [2.24, 2.45) is 4.99 Å². The van der Waals surface area contributed by atoms with Gasteiger partial charge in [0.1, 0.15) is 0 Å². The number of aliphatic imine (C=N–C) groups is 1. The van der Waals surface area contributed by atoms with Crippen molar-refractivity contribution in [1.29, 1.82) is 0 Å². The van der Waals surface area contributed by atoms with Crippen LogP contribution in [-0.4, -0.2) is 54.4 Å². The Morgan fingerprint density at radius 1 is 1.33 bits per heavy atom. The van der Waals surface area contributed by atoms with E-state index in [-0.39, 0.29) is 0 Å². The first-order valence-corrected chi connectivity index (χ1v) is 8.21. The molecule has 100 valence electrons. The van der Waals surface area contributed by atoms with Gasteiger partial charge in [0.15, 0.2) is 5.17 Å². The van der Waals surface area contributed by atoms with Crippen molar-refractivity contribution in [3.05, 3.63) is 22.4 Å². The number of thiophene rings is 1. The number of likely N-dealkylation sites (N-methyl/N-ethyl adjacent to an activating group) is 1. The minimum atomic E-state index is 0.991. The first-order valence-electron chi connectivity index (χ1n) is 6.35. The van der Waals surface area contributed by atoms with Gasteiger partial charge in [-0.15, -0.1) is 11.3 Å². The highest BCUT2D eigenvalue weighted by molar-refractivity contribution is 8.13. The summed E-state index contributed by atoms with van der Waals surface area (Å²) >= 11 is 3.74. The second-order valence-corrected chi connectivity index (χ2v) is 6.76. The van der Waals surface area contributed by atoms with Crippen molar-refractivity contribution in [2.75, 3.05) is 39.5 Å². The molecule has 1 aliphatic rings. The van der Waals surface area contributed by atoms with Crippen molar-refractivity contribution in [1.82, 2.24) is 9.80 Å². The number of nitrogens with zero attached hydrogens (tertiary/aromatic N) is 3. The lowest BCUT2D eigenvalue weighted by atomic mass is 10.4. The second-order valence-electron chi connectivity index (χ2n) is 4.67. The van der Waals surface area contributed by atoms with Gasteiger partial charge in [-0.2, -0.15) is 0 Å². The quantitative estimate of drug-likeness (QED) is 0.828. The Morgan fingerprint density at radius 3 is 2.83 bits per heavy atom. The summed E-state index contributed by atoms with van der Waals surface area (Å²) < 4.78 is 0. The van der Waals surface area contributed by atoms with E-state index in [0.29, 0.717) is 0 Å². The molecule has 0 unspecified atom stereocenters. The number of hydrogen-bond donors (Lipinski definition) is 0. The molecule has 18 heavy (non-hydrogen) atoms. The van der Waals surface area contributed by atoms with Crippen LogP contribution in [0.25, 0.3) is 0 Å². The fourth-order valence-electron chi connectivity index (χ4n) is 1.79. The zero-order valence-corrected chi connectivity index (χ0v) is 12.8. The minimum absolute atomic E-state index is 0.991. The average Bonchev–Trinajstić information content (AvgIpc) is 2.88. The number of rotatable bonds is 5. The fourth-order valence-corrected chi connectivity index (χ4v) is 3.49. The van der Waals surface area contributed by atoms with Gasteiger partial charge in [-0.25, -0.2) is 0 Å². The van der Waals surface area contributed by atoms with Crippen molar-refractivity contribution >= 4 is 28.3 Å². The van der Waals surface area contributed by atoms with Crippen LogP contribution in [0, 0.1) is 0 Å². The van der Waals surface area contributed by atoms with E-state index in [9.17, 15) is 0 Å². The van der Waals surface area contributed by atoms with Gasteiger partial charge in [0.2, 0.25) is 0 Å². The Hall–Kier alpha value is -0.520. The summed E-state index contributed by atoms with van der Waals surface area (Å²) in [7, 11) is 4.25. The molecule has 0 bridgehead atoms. The maximum Gasteiger partial charge on any atom is 0.159 e. The van der Waals surface area contributed by atoms with Crippen LogP contribution >= 0.6 is 23.1 Å². The van der Waals surface area contributed by atoms with Crippen LogP contribution in [0.3, 0.4) is 0 Å². The standard InChI is InChI=1S/C13H21N3S2/c1-15(2)7-8-16(11-12-5-3-9-17-12)13-14-6-4-10-18-13/h3,5,9H,4,6-8,10-11H2,1-2H3. The molecule has 0 saturated carbocycles. The molecule has 0 amide bonds. The highest BCUT2D eigenvalue weighted by Crippen LogP contribution is 2.19. The Morgan fingerprint density at radius 2 is 2.22 bits per heavy atom. The van der Waals surface area contributed by atoms with Crippen molar-refractivity contribution in [2.45, 2.75) is 13.0 Å². The lowest BCUT2D eigenvalue weighted by Gasteiger charge is -2.28.